The molecule has 3 unspecified atom stereocenters. The third-order valence-corrected chi connectivity index (χ3v) is 5.88. The second kappa shape index (κ2) is 4.74. The number of ether oxygens (including phenoxy) is 1. The summed E-state index contributed by atoms with van der Waals surface area (Å²) >= 11 is 0. The summed E-state index contributed by atoms with van der Waals surface area (Å²) in [6, 6.07) is 8.46. The summed E-state index contributed by atoms with van der Waals surface area (Å²) in [5.41, 5.74) is 7.83. The van der Waals surface area contributed by atoms with Crippen LogP contribution in [0.2, 0.25) is 0 Å². The zero-order valence-corrected chi connectivity index (χ0v) is 12.1. The second-order valence-electron chi connectivity index (χ2n) is 6.77. The zero-order chi connectivity index (χ0) is 13.6. The molecule has 1 aromatic carbocycles. The summed E-state index contributed by atoms with van der Waals surface area (Å²) in [6.07, 6.45) is 5.50. The number of hydrogen-bond acceptors (Lipinski definition) is 3. The number of rotatable bonds is 2. The fourth-order valence-corrected chi connectivity index (χ4v) is 4.89. The van der Waals surface area contributed by atoms with Crippen molar-refractivity contribution in [2.45, 2.75) is 37.8 Å². The SMILES string of the molecule is NCC1(N2CCOc3ccccc3C2)CC2CCC1C2. The van der Waals surface area contributed by atoms with Gasteiger partial charge in [-0.3, -0.25) is 4.90 Å². The van der Waals surface area contributed by atoms with Gasteiger partial charge in [-0.15, -0.1) is 0 Å². The van der Waals surface area contributed by atoms with Crippen molar-refractivity contribution < 1.29 is 4.74 Å². The first-order valence-electron chi connectivity index (χ1n) is 7.98. The Morgan fingerprint density at radius 3 is 2.95 bits per heavy atom. The summed E-state index contributed by atoms with van der Waals surface area (Å²) in [5, 5.41) is 0. The first-order valence-corrected chi connectivity index (χ1v) is 7.98. The van der Waals surface area contributed by atoms with Crippen molar-refractivity contribution in [1.29, 1.82) is 0 Å². The Morgan fingerprint density at radius 1 is 1.30 bits per heavy atom. The average molecular weight is 272 g/mol. The van der Waals surface area contributed by atoms with Crippen molar-refractivity contribution in [2.75, 3.05) is 19.7 Å². The summed E-state index contributed by atoms with van der Waals surface area (Å²) in [7, 11) is 0. The molecule has 2 N–H and O–H groups in total. The molecule has 0 radical (unpaired) electrons. The lowest BCUT2D eigenvalue weighted by atomic mass is 9.79. The summed E-state index contributed by atoms with van der Waals surface area (Å²) in [4.78, 5) is 2.64. The fourth-order valence-electron chi connectivity index (χ4n) is 4.89. The van der Waals surface area contributed by atoms with E-state index >= 15 is 0 Å². The lowest BCUT2D eigenvalue weighted by Gasteiger charge is -2.46. The fraction of sp³-hybridized carbons (Fsp3) is 0.647. The van der Waals surface area contributed by atoms with Crippen LogP contribution in [0.25, 0.3) is 0 Å². The Labute approximate surface area is 121 Å². The van der Waals surface area contributed by atoms with Crippen molar-refractivity contribution in [2.24, 2.45) is 17.6 Å². The maximum atomic E-state index is 6.27. The molecule has 0 saturated heterocycles. The summed E-state index contributed by atoms with van der Waals surface area (Å²) in [6.45, 7) is 3.60. The Kier molecular flexibility index (Phi) is 3.00. The Balaban J connectivity index is 1.65. The maximum Gasteiger partial charge on any atom is 0.123 e. The average Bonchev–Trinajstić information content (AvgIpc) is 3.02. The predicted octanol–water partition coefficient (Wildman–Crippen LogP) is 2.40. The van der Waals surface area contributed by atoms with Gasteiger partial charge in [-0.25, -0.2) is 0 Å². The molecular formula is C17H24N2O. The monoisotopic (exact) mass is 272 g/mol. The minimum absolute atomic E-state index is 0.240. The van der Waals surface area contributed by atoms with Crippen molar-refractivity contribution >= 4 is 0 Å². The van der Waals surface area contributed by atoms with Gasteiger partial charge in [0.1, 0.15) is 12.4 Å². The quantitative estimate of drug-likeness (QED) is 0.898. The molecule has 1 aliphatic heterocycles. The van der Waals surface area contributed by atoms with Gasteiger partial charge in [0.25, 0.3) is 0 Å². The van der Waals surface area contributed by atoms with Crippen molar-refractivity contribution in [3.63, 3.8) is 0 Å². The highest BCUT2D eigenvalue weighted by molar-refractivity contribution is 5.34. The Morgan fingerprint density at radius 2 is 2.20 bits per heavy atom. The standard InChI is InChI=1S/C17H24N2O/c18-12-17(10-13-5-6-15(17)9-13)19-7-8-20-16-4-2-1-3-14(16)11-19/h1-4,13,15H,5-12,18H2. The first kappa shape index (κ1) is 12.7. The topological polar surface area (TPSA) is 38.5 Å². The molecule has 2 bridgehead atoms. The first-order chi connectivity index (χ1) is 9.82. The molecule has 3 atom stereocenters. The Hall–Kier alpha value is -1.06. The number of benzene rings is 1. The van der Waals surface area contributed by atoms with Crippen LogP contribution in [-0.4, -0.2) is 30.1 Å². The molecule has 3 heteroatoms. The third kappa shape index (κ3) is 1.80. The third-order valence-electron chi connectivity index (χ3n) is 5.88. The van der Waals surface area contributed by atoms with Crippen LogP contribution in [0.5, 0.6) is 5.75 Å². The van der Waals surface area contributed by atoms with Crippen LogP contribution in [-0.2, 0) is 6.54 Å². The molecule has 2 saturated carbocycles. The Bertz CT molecular complexity index is 504. The summed E-state index contributed by atoms with van der Waals surface area (Å²) in [5.74, 6) is 2.79. The van der Waals surface area contributed by atoms with Crippen LogP contribution in [0.3, 0.4) is 0 Å². The molecule has 4 rings (SSSR count). The number of para-hydroxylation sites is 1. The van der Waals surface area contributed by atoms with E-state index in [9.17, 15) is 0 Å². The molecule has 2 fully saturated rings. The van der Waals surface area contributed by atoms with Crippen LogP contribution >= 0.6 is 0 Å². The van der Waals surface area contributed by atoms with Gasteiger partial charge < -0.3 is 10.5 Å². The molecule has 108 valence electrons. The van der Waals surface area contributed by atoms with Gasteiger partial charge in [0.15, 0.2) is 0 Å². The van der Waals surface area contributed by atoms with Gasteiger partial charge in [0, 0.05) is 30.7 Å². The van der Waals surface area contributed by atoms with Crippen LogP contribution < -0.4 is 10.5 Å². The van der Waals surface area contributed by atoms with E-state index in [1.165, 1.54) is 31.2 Å². The maximum absolute atomic E-state index is 6.27. The normalized spacial score (nSPS) is 36.5. The minimum atomic E-state index is 0.240. The van der Waals surface area contributed by atoms with Gasteiger partial charge in [-0.2, -0.15) is 0 Å². The van der Waals surface area contributed by atoms with E-state index in [2.05, 4.69) is 29.2 Å². The van der Waals surface area contributed by atoms with Crippen LogP contribution in [0, 0.1) is 11.8 Å². The zero-order valence-electron chi connectivity index (χ0n) is 12.1. The van der Waals surface area contributed by atoms with E-state index in [-0.39, 0.29) is 5.54 Å². The van der Waals surface area contributed by atoms with E-state index < -0.39 is 0 Å². The molecule has 20 heavy (non-hydrogen) atoms. The van der Waals surface area contributed by atoms with Crippen molar-refractivity contribution in [1.82, 2.24) is 4.90 Å². The smallest absolute Gasteiger partial charge is 0.123 e. The van der Waals surface area contributed by atoms with Crippen LogP contribution in [0.15, 0.2) is 24.3 Å². The molecule has 3 aliphatic rings. The van der Waals surface area contributed by atoms with Crippen LogP contribution in [0.4, 0.5) is 0 Å². The predicted molar refractivity (Wildman–Crippen MR) is 79.6 cm³/mol. The summed E-state index contributed by atoms with van der Waals surface area (Å²) < 4.78 is 5.93. The van der Waals surface area contributed by atoms with Gasteiger partial charge in [-0.05, 0) is 37.2 Å². The van der Waals surface area contributed by atoms with Crippen molar-refractivity contribution in [3.8, 4) is 5.75 Å². The van der Waals surface area contributed by atoms with Crippen molar-refractivity contribution in [3.05, 3.63) is 29.8 Å². The molecule has 2 aliphatic carbocycles. The number of nitrogens with zero attached hydrogens (tertiary/aromatic N) is 1. The van der Waals surface area contributed by atoms with Gasteiger partial charge in [0.05, 0.1) is 0 Å². The van der Waals surface area contributed by atoms with E-state index in [0.717, 1.165) is 43.8 Å². The van der Waals surface area contributed by atoms with Gasteiger partial charge in [-0.1, -0.05) is 24.6 Å². The lowest BCUT2D eigenvalue weighted by Crippen LogP contribution is -2.57. The highest BCUT2D eigenvalue weighted by Gasteiger charge is 2.53. The van der Waals surface area contributed by atoms with E-state index in [4.69, 9.17) is 10.5 Å². The molecule has 3 nitrogen and oxygen atoms in total. The molecule has 1 aromatic rings. The highest BCUT2D eigenvalue weighted by atomic mass is 16.5. The van der Waals surface area contributed by atoms with E-state index in [1.807, 2.05) is 0 Å². The van der Waals surface area contributed by atoms with Gasteiger partial charge in [0.2, 0.25) is 0 Å². The largest absolute Gasteiger partial charge is 0.492 e. The number of hydrogen-bond donors (Lipinski definition) is 1. The van der Waals surface area contributed by atoms with E-state index in [1.54, 1.807) is 0 Å². The molecular weight excluding hydrogens is 248 g/mol. The van der Waals surface area contributed by atoms with E-state index in [0.29, 0.717) is 0 Å². The second-order valence-corrected chi connectivity index (χ2v) is 6.77. The molecule has 0 spiro atoms. The van der Waals surface area contributed by atoms with Crippen LogP contribution in [0.1, 0.15) is 31.2 Å². The van der Waals surface area contributed by atoms with Gasteiger partial charge >= 0.3 is 0 Å². The molecule has 0 aromatic heterocycles. The molecule has 0 amide bonds. The number of fused-ring (bicyclic) bond motifs is 3. The molecule has 1 heterocycles. The number of nitrogens with two attached hydrogens (primary N) is 1. The highest BCUT2D eigenvalue weighted by Crippen LogP contribution is 2.53. The minimum Gasteiger partial charge on any atom is -0.492 e. The lowest BCUT2D eigenvalue weighted by molar-refractivity contribution is 0.0306.